The summed E-state index contributed by atoms with van der Waals surface area (Å²) in [7, 11) is 1.29. The highest BCUT2D eigenvalue weighted by Gasteiger charge is 2.23. The number of hydrogen-bond donors (Lipinski definition) is 2. The minimum Gasteiger partial charge on any atom is -0.756 e. The van der Waals surface area contributed by atoms with Crippen LogP contribution < -0.4 is 10.2 Å². The lowest BCUT2D eigenvalue weighted by Crippen LogP contribution is -2.45. The van der Waals surface area contributed by atoms with Crippen molar-refractivity contribution >= 4 is 13.7 Å². The number of rotatable bonds is 78. The lowest BCUT2D eigenvalue weighted by atomic mass is 10.0. The summed E-state index contributed by atoms with van der Waals surface area (Å²) in [5, 5.41) is 14.0. The van der Waals surface area contributed by atoms with Gasteiger partial charge >= 0.3 is 0 Å². The van der Waals surface area contributed by atoms with Crippen molar-refractivity contribution in [1.82, 2.24) is 5.32 Å². The molecule has 0 aliphatic rings. The number of unbranched alkanes of at least 4 members (excludes halogenated alkanes) is 65. The first-order valence-corrected chi connectivity index (χ1v) is 42.5. The Morgan fingerprint density at radius 1 is 0.378 bits per heavy atom. The van der Waals surface area contributed by atoms with Crippen LogP contribution in [0.2, 0.25) is 0 Å². The fourth-order valence-electron chi connectivity index (χ4n) is 13.2. The van der Waals surface area contributed by atoms with Crippen molar-refractivity contribution in [3.05, 3.63) is 12.2 Å². The number of aliphatic hydroxyl groups excluding tert-OH is 1. The molecular formula is C81H163N2O6P. The summed E-state index contributed by atoms with van der Waals surface area (Å²) < 4.78 is 23.5. The number of likely N-dealkylation sites (N-methyl/N-ethyl adjacent to an activating group) is 1. The van der Waals surface area contributed by atoms with Gasteiger partial charge in [-0.2, -0.15) is 0 Å². The van der Waals surface area contributed by atoms with Gasteiger partial charge in [0.25, 0.3) is 7.82 Å². The third-order valence-corrected chi connectivity index (χ3v) is 20.5. The van der Waals surface area contributed by atoms with Crippen molar-refractivity contribution < 1.29 is 32.9 Å². The number of nitrogens with zero attached hydrogens (tertiary/aromatic N) is 1. The van der Waals surface area contributed by atoms with Gasteiger partial charge in [-0.05, 0) is 19.3 Å². The molecule has 3 atom stereocenters. The molecule has 90 heavy (non-hydrogen) atoms. The largest absolute Gasteiger partial charge is 0.756 e. The van der Waals surface area contributed by atoms with Gasteiger partial charge in [-0.3, -0.25) is 9.36 Å². The van der Waals surface area contributed by atoms with E-state index in [1.165, 1.54) is 392 Å². The molecule has 0 saturated carbocycles. The van der Waals surface area contributed by atoms with Gasteiger partial charge in [0.15, 0.2) is 0 Å². The average Bonchev–Trinajstić information content (AvgIpc) is 3.39. The van der Waals surface area contributed by atoms with Crippen molar-refractivity contribution in [2.75, 3.05) is 40.9 Å². The second-order valence-corrected chi connectivity index (χ2v) is 31.3. The topological polar surface area (TPSA) is 108 Å². The number of phosphoric acid groups is 1. The Morgan fingerprint density at radius 2 is 0.600 bits per heavy atom. The van der Waals surface area contributed by atoms with Crippen LogP contribution in [0.4, 0.5) is 0 Å². The summed E-state index contributed by atoms with van der Waals surface area (Å²) in [4.78, 5) is 25.7. The molecule has 2 N–H and O–H groups in total. The molecule has 0 aromatic rings. The molecule has 8 nitrogen and oxygen atoms in total. The number of amides is 1. The first-order valence-electron chi connectivity index (χ1n) is 41.1. The van der Waals surface area contributed by atoms with Gasteiger partial charge in [0, 0.05) is 6.42 Å². The maximum Gasteiger partial charge on any atom is 0.268 e. The standard InChI is InChI=1S/C81H163N2O6P/c1-6-8-10-12-14-16-18-20-22-24-26-28-30-32-34-35-36-37-38-39-40-41-42-43-44-45-46-47-49-51-53-55-57-59-61-63-65-67-69-71-73-75-81(85)82-79(78-89-90(86,87)88-77-76-83(3,4)5)80(84)74-72-70-68-66-64-62-60-58-56-54-52-50-48-33-31-29-27-25-23-21-19-17-15-13-11-9-7-2/h72,74,79-80,84H,6-71,73,75-78H2,1-5H3,(H-,82,85,86,87)/b74-72+. The summed E-state index contributed by atoms with van der Waals surface area (Å²) in [6, 6.07) is -0.885. The van der Waals surface area contributed by atoms with Crippen LogP contribution in [-0.4, -0.2) is 68.5 Å². The fourth-order valence-corrected chi connectivity index (χ4v) is 13.9. The third kappa shape index (κ3) is 74.6. The van der Waals surface area contributed by atoms with E-state index in [9.17, 15) is 19.4 Å². The molecule has 0 aromatic heterocycles. The monoisotopic (exact) mass is 1290 g/mol. The van der Waals surface area contributed by atoms with E-state index in [-0.39, 0.29) is 19.1 Å². The number of hydrogen-bond acceptors (Lipinski definition) is 6. The highest BCUT2D eigenvalue weighted by Crippen LogP contribution is 2.38. The number of phosphoric ester groups is 1. The van der Waals surface area contributed by atoms with Crippen molar-refractivity contribution in [1.29, 1.82) is 0 Å². The predicted molar refractivity (Wildman–Crippen MR) is 395 cm³/mol. The van der Waals surface area contributed by atoms with Gasteiger partial charge < -0.3 is 28.8 Å². The number of aliphatic hydroxyl groups is 1. The van der Waals surface area contributed by atoms with Crippen molar-refractivity contribution in [2.45, 2.75) is 463 Å². The smallest absolute Gasteiger partial charge is 0.268 e. The second-order valence-electron chi connectivity index (χ2n) is 29.8. The van der Waals surface area contributed by atoms with Crippen molar-refractivity contribution in [3.8, 4) is 0 Å². The zero-order valence-corrected chi connectivity index (χ0v) is 62.8. The van der Waals surface area contributed by atoms with Crippen LogP contribution in [0, 0.1) is 0 Å². The average molecular weight is 1290 g/mol. The van der Waals surface area contributed by atoms with Crippen molar-refractivity contribution in [2.24, 2.45) is 0 Å². The first kappa shape index (κ1) is 89.2. The maximum absolute atomic E-state index is 13.1. The lowest BCUT2D eigenvalue weighted by Gasteiger charge is -2.29. The molecule has 1 amide bonds. The van der Waals surface area contributed by atoms with Gasteiger partial charge in [0.1, 0.15) is 13.2 Å². The molecule has 0 heterocycles. The molecule has 0 bridgehead atoms. The van der Waals surface area contributed by atoms with E-state index in [0.717, 1.165) is 38.5 Å². The Labute approximate surface area is 564 Å². The molecule has 0 aliphatic carbocycles. The molecule has 0 aromatic carbocycles. The predicted octanol–water partition coefficient (Wildman–Crippen LogP) is 26.2. The quantitative estimate of drug-likeness (QED) is 0.0272. The van der Waals surface area contributed by atoms with E-state index in [1.807, 2.05) is 27.2 Å². The highest BCUT2D eigenvalue weighted by atomic mass is 31.2. The third-order valence-electron chi connectivity index (χ3n) is 19.5. The summed E-state index contributed by atoms with van der Waals surface area (Å²) in [5.41, 5.74) is 0. The zero-order valence-electron chi connectivity index (χ0n) is 61.9. The minimum absolute atomic E-state index is 0.00315. The van der Waals surface area contributed by atoms with E-state index in [4.69, 9.17) is 9.05 Å². The summed E-state index contributed by atoms with van der Waals surface area (Å²) in [5.74, 6) is -0.185. The van der Waals surface area contributed by atoms with Crippen LogP contribution >= 0.6 is 7.82 Å². The molecule has 0 aliphatic heterocycles. The lowest BCUT2D eigenvalue weighted by molar-refractivity contribution is -0.870. The van der Waals surface area contributed by atoms with Gasteiger partial charge in [-0.25, -0.2) is 0 Å². The van der Waals surface area contributed by atoms with Crippen LogP contribution in [0.15, 0.2) is 12.2 Å². The zero-order chi connectivity index (χ0) is 65.5. The van der Waals surface area contributed by atoms with Gasteiger partial charge in [-0.1, -0.05) is 437 Å². The molecule has 0 spiro atoms. The van der Waals surface area contributed by atoms with E-state index < -0.39 is 20.0 Å². The van der Waals surface area contributed by atoms with Crippen LogP contribution in [-0.2, 0) is 18.4 Å². The van der Waals surface area contributed by atoms with Gasteiger partial charge in [0.2, 0.25) is 5.91 Å². The number of carbonyl (C=O) groups is 1. The van der Waals surface area contributed by atoms with E-state index in [1.54, 1.807) is 6.08 Å². The molecule has 0 fully saturated rings. The molecule has 0 saturated heterocycles. The molecule has 0 radical (unpaired) electrons. The first-order chi connectivity index (χ1) is 44.0. The number of nitrogens with one attached hydrogen (secondary N) is 1. The van der Waals surface area contributed by atoms with E-state index in [0.29, 0.717) is 17.4 Å². The van der Waals surface area contributed by atoms with E-state index in [2.05, 4.69) is 19.2 Å². The van der Waals surface area contributed by atoms with Crippen LogP contribution in [0.25, 0.3) is 0 Å². The SMILES string of the molecule is CCCCCCCCCCCCCCCCCCCCCCCCCCC/C=C/C(O)C(COP(=O)([O-])OCC[N+](C)(C)C)NC(=O)CCCCCCCCCCCCCCCCCCCCCCCCCCCCCCCCCCCCCCCCCCC. The Kier molecular flexibility index (Phi) is 71.9. The Bertz CT molecular complexity index is 1470. The highest BCUT2D eigenvalue weighted by molar-refractivity contribution is 7.45. The van der Waals surface area contributed by atoms with Crippen LogP contribution in [0.1, 0.15) is 450 Å². The molecular weight excluding hydrogens is 1130 g/mol. The summed E-state index contributed by atoms with van der Waals surface area (Å²) in [6.07, 6.45) is 95.4. The number of carbonyl (C=O) groups excluding carboxylic acids is 1. The molecule has 0 rings (SSSR count). The van der Waals surface area contributed by atoms with Crippen LogP contribution in [0.3, 0.4) is 0 Å². The van der Waals surface area contributed by atoms with Gasteiger partial charge in [0.05, 0.1) is 39.9 Å². The molecule has 3 unspecified atom stereocenters. The van der Waals surface area contributed by atoms with Crippen LogP contribution in [0.5, 0.6) is 0 Å². The second kappa shape index (κ2) is 72.5. The normalized spacial score (nSPS) is 13.5. The summed E-state index contributed by atoms with van der Waals surface area (Å²) in [6.45, 7) is 4.73. The van der Waals surface area contributed by atoms with Crippen molar-refractivity contribution in [3.63, 3.8) is 0 Å². The molecule has 538 valence electrons. The maximum atomic E-state index is 13.1. The summed E-state index contributed by atoms with van der Waals surface area (Å²) >= 11 is 0. The minimum atomic E-state index is -4.60. The Hall–Kier alpha value is -0.760. The Balaban J connectivity index is 3.87. The van der Waals surface area contributed by atoms with Gasteiger partial charge in [-0.15, -0.1) is 0 Å². The number of quaternary nitrogens is 1. The van der Waals surface area contributed by atoms with E-state index >= 15 is 0 Å². The number of allylic oxidation sites excluding steroid dienone is 1. The molecule has 9 heteroatoms. The fraction of sp³-hybridized carbons (Fsp3) is 0.963. The Morgan fingerprint density at radius 3 is 0.833 bits per heavy atom.